The van der Waals surface area contributed by atoms with Crippen molar-refractivity contribution in [3.8, 4) is 5.69 Å². The molecule has 0 atom stereocenters. The number of carbonyl (C=O) groups is 1. The zero-order chi connectivity index (χ0) is 15.6. The van der Waals surface area contributed by atoms with Crippen LogP contribution in [0.2, 0.25) is 0 Å². The molecule has 0 saturated carbocycles. The minimum absolute atomic E-state index is 0.0584. The maximum atomic E-state index is 12.4. The van der Waals surface area contributed by atoms with E-state index in [0.717, 1.165) is 0 Å². The second-order valence-corrected chi connectivity index (χ2v) is 5.58. The van der Waals surface area contributed by atoms with Gasteiger partial charge in [-0.15, -0.1) is 0 Å². The molecule has 0 unspecified atom stereocenters. The number of rotatable bonds is 4. The van der Waals surface area contributed by atoms with Crippen molar-refractivity contribution in [3.05, 3.63) is 51.9 Å². The Kier molecular flexibility index (Phi) is 3.99. The molecule has 21 heavy (non-hydrogen) atoms. The van der Waals surface area contributed by atoms with E-state index in [1.165, 1.54) is 4.68 Å². The van der Waals surface area contributed by atoms with E-state index in [0.29, 0.717) is 11.4 Å². The summed E-state index contributed by atoms with van der Waals surface area (Å²) in [6.45, 7) is 4.90. The molecule has 0 bridgehead atoms. The van der Waals surface area contributed by atoms with Crippen molar-refractivity contribution in [1.82, 2.24) is 15.1 Å². The highest BCUT2D eigenvalue weighted by molar-refractivity contribution is 5.95. The lowest BCUT2D eigenvalue weighted by Crippen LogP contribution is -2.40. The van der Waals surface area contributed by atoms with Crippen LogP contribution in [0.3, 0.4) is 0 Å². The Morgan fingerprint density at radius 3 is 2.52 bits per heavy atom. The number of H-pyrrole nitrogens is 1. The third kappa shape index (κ3) is 3.41. The summed E-state index contributed by atoms with van der Waals surface area (Å²) in [5, 5.41) is 15.1. The Labute approximate surface area is 122 Å². The summed E-state index contributed by atoms with van der Waals surface area (Å²) in [7, 11) is 0. The molecule has 6 nitrogen and oxygen atoms in total. The van der Waals surface area contributed by atoms with E-state index in [1.807, 2.05) is 18.2 Å². The third-order valence-corrected chi connectivity index (χ3v) is 2.99. The fraction of sp³-hybridized carbons (Fsp3) is 0.333. The van der Waals surface area contributed by atoms with Gasteiger partial charge in [0.2, 0.25) is 0 Å². The van der Waals surface area contributed by atoms with Crippen molar-refractivity contribution in [2.75, 3.05) is 6.54 Å². The van der Waals surface area contributed by atoms with Crippen molar-refractivity contribution in [2.45, 2.75) is 26.4 Å². The number of nitrogens with zero attached hydrogens (tertiary/aromatic N) is 1. The van der Waals surface area contributed by atoms with Gasteiger partial charge in [-0.05, 0) is 32.9 Å². The average molecular weight is 289 g/mol. The number of hydrogen-bond acceptors (Lipinski definition) is 3. The zero-order valence-corrected chi connectivity index (χ0v) is 12.3. The van der Waals surface area contributed by atoms with Crippen LogP contribution in [0.5, 0.6) is 0 Å². The van der Waals surface area contributed by atoms with E-state index in [-0.39, 0.29) is 12.1 Å². The predicted molar refractivity (Wildman–Crippen MR) is 79.8 cm³/mol. The molecule has 112 valence electrons. The van der Waals surface area contributed by atoms with Gasteiger partial charge in [-0.2, -0.15) is 0 Å². The van der Waals surface area contributed by atoms with Crippen LogP contribution < -0.4 is 10.9 Å². The van der Waals surface area contributed by atoms with Crippen molar-refractivity contribution < 1.29 is 9.90 Å². The number of aryl methyl sites for hydroxylation is 1. The van der Waals surface area contributed by atoms with E-state index >= 15 is 0 Å². The van der Waals surface area contributed by atoms with Crippen LogP contribution in [0.25, 0.3) is 5.69 Å². The number of aliphatic hydroxyl groups is 1. The molecule has 0 aliphatic carbocycles. The molecule has 0 spiro atoms. The van der Waals surface area contributed by atoms with Gasteiger partial charge in [0, 0.05) is 12.2 Å². The SMILES string of the molecule is Cc1[nH]n(-c2ccccc2)c(=O)c1C(=O)NCC(C)(C)O. The second kappa shape index (κ2) is 5.57. The van der Waals surface area contributed by atoms with Gasteiger partial charge in [0.1, 0.15) is 5.56 Å². The van der Waals surface area contributed by atoms with E-state index in [4.69, 9.17) is 0 Å². The summed E-state index contributed by atoms with van der Waals surface area (Å²) < 4.78 is 1.33. The Morgan fingerprint density at radius 1 is 1.33 bits per heavy atom. The van der Waals surface area contributed by atoms with Crippen LogP contribution in [-0.4, -0.2) is 32.9 Å². The predicted octanol–water partition coefficient (Wildman–Crippen LogP) is 0.975. The number of carbonyl (C=O) groups excluding carboxylic acids is 1. The molecule has 1 amide bonds. The topological polar surface area (TPSA) is 87.1 Å². The van der Waals surface area contributed by atoms with Gasteiger partial charge in [0.15, 0.2) is 0 Å². The van der Waals surface area contributed by atoms with Gasteiger partial charge in [-0.3, -0.25) is 14.7 Å². The average Bonchev–Trinajstić information content (AvgIpc) is 2.72. The summed E-state index contributed by atoms with van der Waals surface area (Å²) in [5.41, 5.74) is -0.238. The van der Waals surface area contributed by atoms with Crippen molar-refractivity contribution >= 4 is 5.91 Å². The first-order valence-electron chi connectivity index (χ1n) is 6.67. The number of nitrogens with one attached hydrogen (secondary N) is 2. The molecule has 0 radical (unpaired) electrons. The lowest BCUT2D eigenvalue weighted by molar-refractivity contribution is 0.0693. The quantitative estimate of drug-likeness (QED) is 0.784. The summed E-state index contributed by atoms with van der Waals surface area (Å²) in [5.74, 6) is -0.495. The van der Waals surface area contributed by atoms with Crippen molar-refractivity contribution in [1.29, 1.82) is 0 Å². The van der Waals surface area contributed by atoms with E-state index in [9.17, 15) is 14.7 Å². The summed E-state index contributed by atoms with van der Waals surface area (Å²) in [6.07, 6.45) is 0. The third-order valence-electron chi connectivity index (χ3n) is 2.99. The Morgan fingerprint density at radius 2 is 1.95 bits per heavy atom. The monoisotopic (exact) mass is 289 g/mol. The first kappa shape index (κ1) is 15.1. The minimum atomic E-state index is -1.03. The highest BCUT2D eigenvalue weighted by atomic mass is 16.3. The molecule has 0 aliphatic heterocycles. The van der Waals surface area contributed by atoms with E-state index in [2.05, 4.69) is 10.4 Å². The van der Waals surface area contributed by atoms with Crippen LogP contribution >= 0.6 is 0 Å². The van der Waals surface area contributed by atoms with Gasteiger partial charge in [0.25, 0.3) is 11.5 Å². The van der Waals surface area contributed by atoms with Gasteiger partial charge in [0.05, 0.1) is 11.3 Å². The Balaban J connectivity index is 2.32. The van der Waals surface area contributed by atoms with E-state index < -0.39 is 17.1 Å². The maximum Gasteiger partial charge on any atom is 0.284 e. The Hall–Kier alpha value is -2.34. The molecule has 2 aromatic rings. The highest BCUT2D eigenvalue weighted by Crippen LogP contribution is 2.07. The summed E-state index contributed by atoms with van der Waals surface area (Å²) in [4.78, 5) is 24.5. The molecule has 6 heteroatoms. The Bertz CT molecular complexity index is 693. The fourth-order valence-corrected chi connectivity index (χ4v) is 1.96. The molecule has 0 fully saturated rings. The summed E-state index contributed by atoms with van der Waals surface area (Å²) in [6, 6.07) is 9.02. The number of benzene rings is 1. The van der Waals surface area contributed by atoms with Crippen LogP contribution in [0.15, 0.2) is 35.1 Å². The number of para-hydroxylation sites is 1. The second-order valence-electron chi connectivity index (χ2n) is 5.58. The first-order chi connectivity index (χ1) is 9.79. The zero-order valence-electron chi connectivity index (χ0n) is 12.3. The van der Waals surface area contributed by atoms with Gasteiger partial charge in [-0.1, -0.05) is 18.2 Å². The molecule has 3 N–H and O–H groups in total. The smallest absolute Gasteiger partial charge is 0.284 e. The molecule has 0 saturated heterocycles. The van der Waals surface area contributed by atoms with Crippen LogP contribution in [-0.2, 0) is 0 Å². The molecular formula is C15H19N3O3. The minimum Gasteiger partial charge on any atom is -0.389 e. The number of hydrogen-bond donors (Lipinski definition) is 3. The molecule has 1 aromatic heterocycles. The number of amides is 1. The largest absolute Gasteiger partial charge is 0.389 e. The number of aromatic amines is 1. The van der Waals surface area contributed by atoms with Gasteiger partial charge in [-0.25, -0.2) is 4.68 Å². The lowest BCUT2D eigenvalue weighted by Gasteiger charge is -2.17. The molecule has 0 aliphatic rings. The lowest BCUT2D eigenvalue weighted by atomic mass is 10.1. The van der Waals surface area contributed by atoms with Gasteiger partial charge >= 0.3 is 0 Å². The molecular weight excluding hydrogens is 270 g/mol. The first-order valence-corrected chi connectivity index (χ1v) is 6.67. The molecule has 1 heterocycles. The fourth-order valence-electron chi connectivity index (χ4n) is 1.96. The van der Waals surface area contributed by atoms with Crippen molar-refractivity contribution in [2.24, 2.45) is 0 Å². The maximum absolute atomic E-state index is 12.4. The normalized spacial score (nSPS) is 11.4. The molecule has 2 rings (SSSR count). The van der Waals surface area contributed by atoms with Crippen LogP contribution in [0, 0.1) is 6.92 Å². The van der Waals surface area contributed by atoms with Crippen LogP contribution in [0.4, 0.5) is 0 Å². The van der Waals surface area contributed by atoms with E-state index in [1.54, 1.807) is 32.9 Å². The summed E-state index contributed by atoms with van der Waals surface area (Å²) >= 11 is 0. The van der Waals surface area contributed by atoms with Gasteiger partial charge < -0.3 is 10.4 Å². The van der Waals surface area contributed by atoms with Crippen molar-refractivity contribution in [3.63, 3.8) is 0 Å². The van der Waals surface area contributed by atoms with Crippen LogP contribution in [0.1, 0.15) is 29.9 Å². The highest BCUT2D eigenvalue weighted by Gasteiger charge is 2.21. The standard InChI is InChI=1S/C15H19N3O3/c1-10-12(13(19)16-9-15(2,3)21)14(20)18(17-10)11-7-5-4-6-8-11/h4-8,17,21H,9H2,1-3H3,(H,16,19). The molecule has 1 aromatic carbocycles. The number of aromatic nitrogens is 2.